The number of hydrogen-bond acceptors (Lipinski definition) is 3. The predicted octanol–water partition coefficient (Wildman–Crippen LogP) is 3.54. The van der Waals surface area contributed by atoms with E-state index >= 15 is 0 Å². The van der Waals surface area contributed by atoms with Gasteiger partial charge in [0, 0.05) is 12.1 Å². The van der Waals surface area contributed by atoms with Crippen LogP contribution < -0.4 is 10.7 Å². The molecule has 2 aromatic carbocycles. The molecule has 0 spiro atoms. The molecule has 4 heteroatoms. The molecule has 0 aliphatic heterocycles. The van der Waals surface area contributed by atoms with Crippen molar-refractivity contribution in [3.63, 3.8) is 0 Å². The Morgan fingerprint density at radius 2 is 1.79 bits per heavy atom. The van der Waals surface area contributed by atoms with E-state index in [1.54, 1.807) is 24.3 Å². The average Bonchev–Trinajstić information content (AvgIpc) is 2.61. The number of fused-ring (bicyclic) bond motifs is 1. The summed E-state index contributed by atoms with van der Waals surface area (Å²) in [5.74, 6) is -0.316. The lowest BCUT2D eigenvalue weighted by Crippen LogP contribution is -2.33. The van der Waals surface area contributed by atoms with E-state index < -0.39 is 0 Å². The van der Waals surface area contributed by atoms with Gasteiger partial charge >= 0.3 is 0 Å². The van der Waals surface area contributed by atoms with Gasteiger partial charge in [-0.15, -0.1) is 0 Å². The Labute approximate surface area is 140 Å². The summed E-state index contributed by atoms with van der Waals surface area (Å²) in [5, 5.41) is 3.36. The van der Waals surface area contributed by atoms with Crippen molar-refractivity contribution < 1.29 is 9.21 Å². The van der Waals surface area contributed by atoms with E-state index in [0.29, 0.717) is 11.0 Å². The minimum Gasteiger partial charge on any atom is -0.451 e. The van der Waals surface area contributed by atoms with Crippen LogP contribution in [0.4, 0.5) is 0 Å². The lowest BCUT2D eigenvalue weighted by Gasteiger charge is -2.13. The largest absolute Gasteiger partial charge is 0.451 e. The number of carbonyl (C=O) groups is 1. The minimum absolute atomic E-state index is 0.0190. The number of nitrogens with one attached hydrogen (secondary N) is 1. The summed E-state index contributed by atoms with van der Waals surface area (Å²) in [5.41, 5.74) is 1.45. The molecule has 3 aromatic rings. The zero-order valence-corrected chi connectivity index (χ0v) is 13.5. The number of para-hydroxylation sites is 1. The lowest BCUT2D eigenvalue weighted by molar-refractivity contribution is 0.0911. The first-order chi connectivity index (χ1) is 11.6. The first-order valence-electron chi connectivity index (χ1n) is 8.01. The quantitative estimate of drug-likeness (QED) is 0.782. The van der Waals surface area contributed by atoms with Gasteiger partial charge in [-0.2, -0.15) is 0 Å². The number of aryl methyl sites for hydroxylation is 1. The number of amides is 1. The van der Waals surface area contributed by atoms with Crippen molar-refractivity contribution in [2.45, 2.75) is 25.8 Å². The molecule has 0 saturated heterocycles. The number of benzene rings is 2. The van der Waals surface area contributed by atoms with Crippen molar-refractivity contribution in [2.24, 2.45) is 0 Å². The summed E-state index contributed by atoms with van der Waals surface area (Å²) >= 11 is 0. The summed E-state index contributed by atoms with van der Waals surface area (Å²) < 4.78 is 5.56. The van der Waals surface area contributed by atoms with Gasteiger partial charge in [-0.05, 0) is 37.5 Å². The molecular formula is C20H19NO3. The second kappa shape index (κ2) is 7.13. The zero-order chi connectivity index (χ0) is 16.9. The lowest BCUT2D eigenvalue weighted by atomic mass is 10.1. The van der Waals surface area contributed by atoms with Gasteiger partial charge in [0.1, 0.15) is 5.58 Å². The van der Waals surface area contributed by atoms with Crippen LogP contribution in [0.2, 0.25) is 0 Å². The number of rotatable bonds is 5. The predicted molar refractivity (Wildman–Crippen MR) is 94.2 cm³/mol. The van der Waals surface area contributed by atoms with E-state index in [1.165, 1.54) is 11.6 Å². The maximum atomic E-state index is 12.3. The van der Waals surface area contributed by atoms with Crippen LogP contribution in [-0.4, -0.2) is 11.9 Å². The molecule has 0 aliphatic rings. The highest BCUT2D eigenvalue weighted by atomic mass is 16.3. The van der Waals surface area contributed by atoms with Crippen LogP contribution in [0, 0.1) is 0 Å². The van der Waals surface area contributed by atoms with Crippen LogP contribution in [0.3, 0.4) is 0 Å². The number of carbonyl (C=O) groups excluding carboxylic acids is 1. The molecule has 24 heavy (non-hydrogen) atoms. The minimum atomic E-state index is -0.363. The van der Waals surface area contributed by atoms with Crippen molar-refractivity contribution >= 4 is 16.9 Å². The Balaban J connectivity index is 1.67. The fraction of sp³-hybridized carbons (Fsp3) is 0.200. The van der Waals surface area contributed by atoms with Crippen LogP contribution in [0.25, 0.3) is 11.0 Å². The normalized spacial score (nSPS) is 12.0. The highest BCUT2D eigenvalue weighted by Crippen LogP contribution is 2.12. The van der Waals surface area contributed by atoms with Crippen LogP contribution >= 0.6 is 0 Å². The molecule has 0 saturated carbocycles. The van der Waals surface area contributed by atoms with E-state index in [0.717, 1.165) is 12.8 Å². The SMILES string of the molecule is C[C@H](CCc1ccccc1)NC(=O)c1cc(=O)c2ccccc2o1. The highest BCUT2D eigenvalue weighted by molar-refractivity contribution is 5.93. The van der Waals surface area contributed by atoms with Gasteiger partial charge in [0.2, 0.25) is 0 Å². The smallest absolute Gasteiger partial charge is 0.287 e. The van der Waals surface area contributed by atoms with Gasteiger partial charge in [0.25, 0.3) is 5.91 Å². The first-order valence-corrected chi connectivity index (χ1v) is 8.01. The molecule has 0 fully saturated rings. The maximum absolute atomic E-state index is 12.3. The van der Waals surface area contributed by atoms with E-state index in [4.69, 9.17) is 4.42 Å². The van der Waals surface area contributed by atoms with Crippen LogP contribution in [0.5, 0.6) is 0 Å². The topological polar surface area (TPSA) is 59.3 Å². The van der Waals surface area contributed by atoms with Crippen molar-refractivity contribution in [3.8, 4) is 0 Å². The summed E-state index contributed by atoms with van der Waals surface area (Å²) in [4.78, 5) is 24.4. The Bertz CT molecular complexity index is 899. The summed E-state index contributed by atoms with van der Waals surface area (Å²) in [6, 6.07) is 18.3. The average molecular weight is 321 g/mol. The number of hydrogen-bond donors (Lipinski definition) is 1. The molecule has 122 valence electrons. The maximum Gasteiger partial charge on any atom is 0.287 e. The van der Waals surface area contributed by atoms with Gasteiger partial charge in [-0.1, -0.05) is 42.5 Å². The van der Waals surface area contributed by atoms with Crippen molar-refractivity contribution in [1.82, 2.24) is 5.32 Å². The third-order valence-corrected chi connectivity index (χ3v) is 3.94. The summed E-state index contributed by atoms with van der Waals surface area (Å²) in [6.45, 7) is 1.94. The van der Waals surface area contributed by atoms with Gasteiger partial charge in [-0.3, -0.25) is 9.59 Å². The molecule has 3 rings (SSSR count). The van der Waals surface area contributed by atoms with Crippen molar-refractivity contribution in [2.75, 3.05) is 0 Å². The monoisotopic (exact) mass is 321 g/mol. The molecule has 0 radical (unpaired) electrons. The molecule has 4 nitrogen and oxygen atoms in total. The molecular weight excluding hydrogens is 302 g/mol. The Hall–Kier alpha value is -2.88. The van der Waals surface area contributed by atoms with Crippen molar-refractivity contribution in [3.05, 3.63) is 82.2 Å². The molecule has 1 aromatic heterocycles. The van der Waals surface area contributed by atoms with Gasteiger partial charge in [0.15, 0.2) is 11.2 Å². The van der Waals surface area contributed by atoms with Crippen LogP contribution in [0.15, 0.2) is 69.9 Å². The molecule has 0 aliphatic carbocycles. The highest BCUT2D eigenvalue weighted by Gasteiger charge is 2.14. The third-order valence-electron chi connectivity index (χ3n) is 3.94. The Morgan fingerprint density at radius 1 is 1.08 bits per heavy atom. The molecule has 0 unspecified atom stereocenters. The van der Waals surface area contributed by atoms with Gasteiger partial charge in [-0.25, -0.2) is 0 Å². The molecule has 1 atom stereocenters. The summed E-state index contributed by atoms with van der Waals surface area (Å²) in [7, 11) is 0. The molecule has 1 amide bonds. The van der Waals surface area contributed by atoms with Crippen molar-refractivity contribution in [1.29, 1.82) is 0 Å². The second-order valence-electron chi connectivity index (χ2n) is 5.87. The van der Waals surface area contributed by atoms with Crippen LogP contribution in [-0.2, 0) is 6.42 Å². The zero-order valence-electron chi connectivity index (χ0n) is 13.5. The second-order valence-corrected chi connectivity index (χ2v) is 5.87. The van der Waals surface area contributed by atoms with E-state index in [9.17, 15) is 9.59 Å². The third kappa shape index (κ3) is 3.71. The van der Waals surface area contributed by atoms with E-state index in [-0.39, 0.29) is 23.1 Å². The molecule has 1 N–H and O–H groups in total. The fourth-order valence-corrected chi connectivity index (χ4v) is 2.61. The first kappa shape index (κ1) is 16.0. The fourth-order valence-electron chi connectivity index (χ4n) is 2.61. The molecule has 0 bridgehead atoms. The summed E-state index contributed by atoms with van der Waals surface area (Å²) in [6.07, 6.45) is 1.69. The Kier molecular flexibility index (Phi) is 4.75. The standard InChI is InChI=1S/C20H19NO3/c1-14(11-12-15-7-3-2-4-8-15)21-20(23)19-13-17(22)16-9-5-6-10-18(16)24-19/h2-10,13-14H,11-12H2,1H3,(H,21,23)/t14-/m1/s1. The van der Waals surface area contributed by atoms with Gasteiger partial charge in [0.05, 0.1) is 5.39 Å². The Morgan fingerprint density at radius 3 is 2.58 bits per heavy atom. The van der Waals surface area contributed by atoms with E-state index in [1.807, 2.05) is 25.1 Å². The molecule has 1 heterocycles. The van der Waals surface area contributed by atoms with Gasteiger partial charge < -0.3 is 9.73 Å². The van der Waals surface area contributed by atoms with E-state index in [2.05, 4.69) is 17.4 Å². The van der Waals surface area contributed by atoms with Crippen LogP contribution in [0.1, 0.15) is 29.5 Å².